The summed E-state index contributed by atoms with van der Waals surface area (Å²) >= 11 is 1.44. The van der Waals surface area contributed by atoms with E-state index < -0.39 is 6.04 Å². The van der Waals surface area contributed by atoms with Crippen molar-refractivity contribution in [3.8, 4) is 0 Å². The average molecular weight is 407 g/mol. The first-order valence-electron chi connectivity index (χ1n) is 9.41. The highest BCUT2D eigenvalue weighted by Gasteiger charge is 2.23. The summed E-state index contributed by atoms with van der Waals surface area (Å²) in [5.74, 6) is -0.528. The van der Waals surface area contributed by atoms with Crippen molar-refractivity contribution < 1.29 is 9.59 Å². The number of benzene rings is 2. The van der Waals surface area contributed by atoms with Gasteiger partial charge in [0.05, 0.1) is 10.2 Å². The minimum atomic E-state index is -0.693. The minimum absolute atomic E-state index is 0.249. The molecule has 0 aliphatic heterocycles. The third kappa shape index (κ3) is 4.00. The second-order valence-electron chi connectivity index (χ2n) is 7.25. The molecule has 0 saturated carbocycles. The fourth-order valence-electron chi connectivity index (χ4n) is 3.59. The van der Waals surface area contributed by atoms with E-state index >= 15 is 0 Å². The predicted molar refractivity (Wildman–Crippen MR) is 117 cm³/mol. The molecule has 0 aliphatic carbocycles. The molecule has 0 spiro atoms. The van der Waals surface area contributed by atoms with Gasteiger partial charge in [-0.05, 0) is 42.7 Å². The van der Waals surface area contributed by atoms with Gasteiger partial charge in [0.25, 0.3) is 0 Å². The molecule has 0 bridgehead atoms. The van der Waals surface area contributed by atoms with Crippen molar-refractivity contribution in [1.82, 2.24) is 15.3 Å². The third-order valence-electron chi connectivity index (χ3n) is 4.85. The van der Waals surface area contributed by atoms with E-state index in [0.717, 1.165) is 37.8 Å². The number of rotatable bonds is 5. The molecule has 7 heteroatoms. The van der Waals surface area contributed by atoms with Gasteiger partial charge in [0.1, 0.15) is 6.04 Å². The van der Waals surface area contributed by atoms with Crippen LogP contribution in [0.3, 0.4) is 0 Å². The number of carbonyl (C=O) groups is 2. The van der Waals surface area contributed by atoms with Crippen LogP contribution in [0.15, 0.2) is 42.6 Å². The molecule has 1 unspecified atom stereocenters. The van der Waals surface area contributed by atoms with E-state index in [2.05, 4.69) is 32.7 Å². The van der Waals surface area contributed by atoms with Gasteiger partial charge in [-0.1, -0.05) is 35.6 Å². The van der Waals surface area contributed by atoms with Crippen LogP contribution in [0.5, 0.6) is 0 Å². The molecule has 6 nitrogen and oxygen atoms in total. The van der Waals surface area contributed by atoms with E-state index in [1.807, 2.05) is 44.3 Å². The summed E-state index contributed by atoms with van der Waals surface area (Å²) in [6.45, 7) is 5.47. The Labute approximate surface area is 172 Å². The molecular weight excluding hydrogens is 384 g/mol. The molecule has 29 heavy (non-hydrogen) atoms. The number of aromatic amines is 1. The quantitative estimate of drug-likeness (QED) is 0.467. The largest absolute Gasteiger partial charge is 0.361 e. The Morgan fingerprint density at radius 3 is 2.79 bits per heavy atom. The second kappa shape index (κ2) is 7.67. The molecule has 2 amide bonds. The number of nitrogens with zero attached hydrogens (tertiary/aromatic N) is 1. The smallest absolute Gasteiger partial charge is 0.249 e. The van der Waals surface area contributed by atoms with Crippen LogP contribution >= 0.6 is 11.3 Å². The number of H-pyrrole nitrogens is 1. The topological polar surface area (TPSA) is 86.9 Å². The number of hydrogen-bond donors (Lipinski definition) is 3. The van der Waals surface area contributed by atoms with Crippen LogP contribution in [0.2, 0.25) is 0 Å². The van der Waals surface area contributed by atoms with Crippen LogP contribution in [-0.4, -0.2) is 27.8 Å². The molecule has 4 rings (SSSR count). The standard InChI is InChI=1S/C22H22N4O2S/c1-12-8-13(2)20-19(9-12)29-22(25-20)26-21(28)18(24-14(3)27)10-15-11-23-17-7-5-4-6-16(15)17/h4-9,11,18,23H,10H2,1-3H3,(H,24,27)(H,25,26,28). The number of carbonyl (C=O) groups excluding carboxylic acids is 2. The number of anilines is 1. The molecule has 2 aromatic carbocycles. The van der Waals surface area contributed by atoms with E-state index in [-0.39, 0.29) is 11.8 Å². The molecule has 148 valence electrons. The zero-order chi connectivity index (χ0) is 20.5. The Balaban J connectivity index is 1.59. The molecule has 1 atom stereocenters. The first-order chi connectivity index (χ1) is 13.9. The van der Waals surface area contributed by atoms with Gasteiger partial charge < -0.3 is 15.6 Å². The lowest BCUT2D eigenvalue weighted by Crippen LogP contribution is -2.44. The lowest BCUT2D eigenvalue weighted by molar-refractivity contribution is -0.125. The number of aromatic nitrogens is 2. The van der Waals surface area contributed by atoms with Gasteiger partial charge in [0.2, 0.25) is 11.8 Å². The van der Waals surface area contributed by atoms with Gasteiger partial charge in [-0.15, -0.1) is 0 Å². The second-order valence-corrected chi connectivity index (χ2v) is 8.28. The van der Waals surface area contributed by atoms with Gasteiger partial charge in [-0.2, -0.15) is 0 Å². The summed E-state index contributed by atoms with van der Waals surface area (Å²) in [7, 11) is 0. The van der Waals surface area contributed by atoms with Crippen molar-refractivity contribution in [1.29, 1.82) is 0 Å². The maximum Gasteiger partial charge on any atom is 0.249 e. The Kier molecular flexibility index (Phi) is 5.07. The lowest BCUT2D eigenvalue weighted by Gasteiger charge is -2.16. The number of fused-ring (bicyclic) bond motifs is 2. The number of para-hydroxylation sites is 1. The number of thiazole rings is 1. The maximum atomic E-state index is 13.0. The molecule has 0 aliphatic rings. The van der Waals surface area contributed by atoms with Crippen molar-refractivity contribution in [3.63, 3.8) is 0 Å². The SMILES string of the molecule is CC(=O)NC(Cc1c[nH]c2ccccc12)C(=O)Nc1nc2c(C)cc(C)cc2s1. The molecule has 4 aromatic rings. The van der Waals surface area contributed by atoms with Crippen molar-refractivity contribution in [2.24, 2.45) is 0 Å². The third-order valence-corrected chi connectivity index (χ3v) is 5.77. The minimum Gasteiger partial charge on any atom is -0.361 e. The van der Waals surface area contributed by atoms with Crippen molar-refractivity contribution in [2.75, 3.05) is 5.32 Å². The fourth-order valence-corrected chi connectivity index (χ4v) is 4.64. The fraction of sp³-hybridized carbons (Fsp3) is 0.227. The summed E-state index contributed by atoms with van der Waals surface area (Å²) in [5.41, 5.74) is 5.11. The summed E-state index contributed by atoms with van der Waals surface area (Å²) in [6.07, 6.45) is 2.27. The molecule has 0 radical (unpaired) electrons. The highest BCUT2D eigenvalue weighted by atomic mass is 32.1. The van der Waals surface area contributed by atoms with Crippen LogP contribution in [-0.2, 0) is 16.0 Å². The normalized spacial score (nSPS) is 12.2. The maximum absolute atomic E-state index is 13.0. The van der Waals surface area contributed by atoms with Crippen molar-refractivity contribution >= 4 is 49.4 Å². The summed E-state index contributed by atoms with van der Waals surface area (Å²) in [6, 6.07) is 11.3. The van der Waals surface area contributed by atoms with Gasteiger partial charge in [-0.3, -0.25) is 9.59 Å². The van der Waals surface area contributed by atoms with E-state index in [1.165, 1.54) is 18.3 Å². The molecule has 2 heterocycles. The van der Waals surface area contributed by atoms with Crippen molar-refractivity contribution in [3.05, 3.63) is 59.3 Å². The highest BCUT2D eigenvalue weighted by molar-refractivity contribution is 7.22. The highest BCUT2D eigenvalue weighted by Crippen LogP contribution is 2.29. The van der Waals surface area contributed by atoms with Gasteiger partial charge in [0, 0.05) is 30.4 Å². The van der Waals surface area contributed by atoms with Gasteiger partial charge >= 0.3 is 0 Å². The summed E-state index contributed by atoms with van der Waals surface area (Å²) < 4.78 is 1.03. The molecule has 3 N–H and O–H groups in total. The lowest BCUT2D eigenvalue weighted by atomic mass is 10.0. The summed E-state index contributed by atoms with van der Waals surface area (Å²) in [5, 5.41) is 7.24. The number of aryl methyl sites for hydroxylation is 2. The van der Waals surface area contributed by atoms with Crippen molar-refractivity contribution in [2.45, 2.75) is 33.2 Å². The monoisotopic (exact) mass is 406 g/mol. The molecular formula is C22H22N4O2S. The van der Waals surface area contributed by atoms with E-state index in [0.29, 0.717) is 11.6 Å². The van der Waals surface area contributed by atoms with Crippen LogP contribution in [0, 0.1) is 13.8 Å². The van der Waals surface area contributed by atoms with Gasteiger partial charge in [0.15, 0.2) is 5.13 Å². The van der Waals surface area contributed by atoms with Crippen LogP contribution in [0.25, 0.3) is 21.1 Å². The van der Waals surface area contributed by atoms with Crippen LogP contribution in [0.1, 0.15) is 23.6 Å². The molecule has 0 saturated heterocycles. The zero-order valence-electron chi connectivity index (χ0n) is 16.5. The predicted octanol–water partition coefficient (Wildman–Crippen LogP) is 4.08. The zero-order valence-corrected chi connectivity index (χ0v) is 17.3. The Morgan fingerprint density at radius 1 is 1.21 bits per heavy atom. The van der Waals surface area contributed by atoms with E-state index in [9.17, 15) is 9.59 Å². The Bertz CT molecular complexity index is 1220. The van der Waals surface area contributed by atoms with E-state index in [1.54, 1.807) is 0 Å². The number of hydrogen-bond acceptors (Lipinski definition) is 4. The Hall–Kier alpha value is -3.19. The van der Waals surface area contributed by atoms with Crippen LogP contribution < -0.4 is 10.6 Å². The number of amides is 2. The van der Waals surface area contributed by atoms with Crippen LogP contribution in [0.4, 0.5) is 5.13 Å². The van der Waals surface area contributed by atoms with E-state index in [4.69, 9.17) is 0 Å². The van der Waals surface area contributed by atoms with Gasteiger partial charge in [-0.25, -0.2) is 4.98 Å². The summed E-state index contributed by atoms with van der Waals surface area (Å²) in [4.78, 5) is 32.5. The first kappa shape index (κ1) is 19.1. The first-order valence-corrected chi connectivity index (χ1v) is 10.2. The molecule has 0 fully saturated rings. The number of nitrogens with one attached hydrogen (secondary N) is 3. The Morgan fingerprint density at radius 2 is 2.00 bits per heavy atom. The molecule has 2 aromatic heterocycles. The average Bonchev–Trinajstić information content (AvgIpc) is 3.25.